The topological polar surface area (TPSA) is 42.4 Å². The maximum Gasteiger partial charge on any atom is 0.233 e. The van der Waals surface area contributed by atoms with E-state index in [-0.39, 0.29) is 12.0 Å². The van der Waals surface area contributed by atoms with Crippen molar-refractivity contribution in [3.05, 3.63) is 57.1 Å². The van der Waals surface area contributed by atoms with Crippen molar-refractivity contribution in [3.8, 4) is 0 Å². The molecule has 0 N–H and O–H groups in total. The molecule has 2 aromatic carbocycles. The third-order valence-corrected chi connectivity index (χ3v) is 7.30. The fourth-order valence-electron chi connectivity index (χ4n) is 4.22. The van der Waals surface area contributed by atoms with Gasteiger partial charge in [-0.2, -0.15) is 0 Å². The van der Waals surface area contributed by atoms with Gasteiger partial charge in [-0.3, -0.25) is 9.69 Å². The average Bonchev–Trinajstić information content (AvgIpc) is 3.35. The Morgan fingerprint density at radius 2 is 1.97 bits per heavy atom. The van der Waals surface area contributed by atoms with Gasteiger partial charge in [-0.15, -0.1) is 0 Å². The molecule has 30 heavy (non-hydrogen) atoms. The summed E-state index contributed by atoms with van der Waals surface area (Å²) in [6, 6.07) is 8.16. The number of thiazole rings is 1. The summed E-state index contributed by atoms with van der Waals surface area (Å²) in [6.07, 6.45) is 2.44. The van der Waals surface area contributed by atoms with Crippen LogP contribution in [0.5, 0.6) is 0 Å². The second-order valence-corrected chi connectivity index (χ2v) is 9.63. The van der Waals surface area contributed by atoms with E-state index in [1.54, 1.807) is 11.3 Å². The van der Waals surface area contributed by atoms with Crippen LogP contribution in [-0.2, 0) is 16.0 Å². The molecule has 0 radical (unpaired) electrons. The van der Waals surface area contributed by atoms with Crippen molar-refractivity contribution >= 4 is 44.2 Å². The quantitative estimate of drug-likeness (QED) is 0.491. The lowest BCUT2D eigenvalue weighted by Gasteiger charge is -2.24. The molecule has 0 spiro atoms. The number of aromatic nitrogens is 1. The van der Waals surface area contributed by atoms with Gasteiger partial charge in [-0.25, -0.2) is 4.98 Å². The second kappa shape index (κ2) is 8.66. The van der Waals surface area contributed by atoms with E-state index < -0.39 is 0 Å². The minimum Gasteiger partial charge on any atom is -0.376 e. The lowest BCUT2D eigenvalue weighted by molar-refractivity contribution is -0.118. The van der Waals surface area contributed by atoms with Crippen LogP contribution in [0.1, 0.15) is 40.7 Å². The minimum absolute atomic E-state index is 0.0587. The molecule has 2 heterocycles. The van der Waals surface area contributed by atoms with Gasteiger partial charge < -0.3 is 4.74 Å². The Morgan fingerprint density at radius 1 is 1.23 bits per heavy atom. The number of benzene rings is 2. The summed E-state index contributed by atoms with van der Waals surface area (Å²) >= 11 is 7.84. The smallest absolute Gasteiger partial charge is 0.233 e. The number of halogens is 1. The molecule has 0 aliphatic carbocycles. The number of aryl methyl sites for hydroxylation is 4. The van der Waals surface area contributed by atoms with E-state index in [1.807, 2.05) is 24.0 Å². The van der Waals surface area contributed by atoms with Crippen LogP contribution in [0.4, 0.5) is 5.13 Å². The van der Waals surface area contributed by atoms with E-state index in [1.165, 1.54) is 5.56 Å². The third kappa shape index (κ3) is 4.25. The minimum atomic E-state index is 0.0587. The summed E-state index contributed by atoms with van der Waals surface area (Å²) in [7, 11) is 0. The highest BCUT2D eigenvalue weighted by molar-refractivity contribution is 7.22. The molecule has 158 valence electrons. The van der Waals surface area contributed by atoms with Crippen LogP contribution >= 0.6 is 22.9 Å². The zero-order valence-electron chi connectivity index (χ0n) is 17.9. The Hall–Kier alpha value is -1.95. The van der Waals surface area contributed by atoms with E-state index in [9.17, 15) is 4.79 Å². The molecule has 0 saturated carbocycles. The van der Waals surface area contributed by atoms with Gasteiger partial charge in [0.15, 0.2) is 5.13 Å². The maximum absolute atomic E-state index is 13.5. The Morgan fingerprint density at radius 3 is 2.63 bits per heavy atom. The fraction of sp³-hybridized carbons (Fsp3) is 0.417. The Balaban J connectivity index is 1.69. The molecule has 1 aliphatic heterocycles. The molecule has 6 heteroatoms. The highest BCUT2D eigenvalue weighted by Crippen LogP contribution is 2.34. The normalized spacial score (nSPS) is 16.4. The highest BCUT2D eigenvalue weighted by atomic mass is 35.5. The molecule has 4 rings (SSSR count). The Bertz CT molecular complexity index is 1080. The molecular weight excluding hydrogens is 416 g/mol. The number of hydrogen-bond acceptors (Lipinski definition) is 4. The van der Waals surface area contributed by atoms with Crippen molar-refractivity contribution in [1.82, 2.24) is 4.98 Å². The van der Waals surface area contributed by atoms with E-state index >= 15 is 0 Å². The van der Waals surface area contributed by atoms with Gasteiger partial charge >= 0.3 is 0 Å². The van der Waals surface area contributed by atoms with Crippen LogP contribution in [0.3, 0.4) is 0 Å². The lowest BCUT2D eigenvalue weighted by atomic mass is 9.97. The molecule has 1 aromatic heterocycles. The highest BCUT2D eigenvalue weighted by Gasteiger charge is 2.27. The molecule has 1 fully saturated rings. The van der Waals surface area contributed by atoms with Crippen molar-refractivity contribution in [3.63, 3.8) is 0 Å². The molecule has 0 bridgehead atoms. The summed E-state index contributed by atoms with van der Waals surface area (Å²) < 4.78 is 6.89. The second-order valence-electron chi connectivity index (χ2n) is 8.21. The van der Waals surface area contributed by atoms with Crippen LogP contribution in [0.15, 0.2) is 24.3 Å². The SMILES string of the molecule is Cc1cc(C)c(CC(=O)N(CC2CCCO2)c2nc3c(C)c(Cl)ccc3s2)c(C)c1. The van der Waals surface area contributed by atoms with Crippen LogP contribution in [-0.4, -0.2) is 30.1 Å². The number of carbonyl (C=O) groups is 1. The standard InChI is InChI=1S/C24H27ClN2O2S/c1-14-10-15(2)19(16(3)11-14)12-22(28)27(13-18-6-5-9-29-18)24-26-23-17(4)20(25)7-8-21(23)30-24/h7-8,10-11,18H,5-6,9,12-13H2,1-4H3. The van der Waals surface area contributed by atoms with Crippen LogP contribution in [0.2, 0.25) is 5.02 Å². The molecule has 1 saturated heterocycles. The van der Waals surface area contributed by atoms with Gasteiger partial charge in [0, 0.05) is 11.6 Å². The first-order chi connectivity index (χ1) is 14.3. The third-order valence-electron chi connectivity index (χ3n) is 5.85. The summed E-state index contributed by atoms with van der Waals surface area (Å²) in [5, 5.41) is 1.42. The van der Waals surface area contributed by atoms with E-state index in [0.717, 1.165) is 57.1 Å². The van der Waals surface area contributed by atoms with Gasteiger partial charge in [0.05, 0.1) is 29.3 Å². The zero-order chi connectivity index (χ0) is 21.4. The first kappa shape index (κ1) is 21.3. The molecule has 3 aromatic rings. The number of carbonyl (C=O) groups excluding carboxylic acids is 1. The zero-order valence-corrected chi connectivity index (χ0v) is 19.5. The van der Waals surface area contributed by atoms with Crippen molar-refractivity contribution in [1.29, 1.82) is 0 Å². The van der Waals surface area contributed by atoms with Crippen LogP contribution in [0.25, 0.3) is 10.2 Å². The molecule has 1 amide bonds. The largest absolute Gasteiger partial charge is 0.376 e. The summed E-state index contributed by atoms with van der Waals surface area (Å²) in [5.74, 6) is 0.0587. The number of amides is 1. The van der Waals surface area contributed by atoms with Gasteiger partial charge in [-0.05, 0) is 74.9 Å². The first-order valence-electron chi connectivity index (χ1n) is 10.4. The number of ether oxygens (including phenoxy) is 1. The van der Waals surface area contributed by atoms with E-state index in [4.69, 9.17) is 21.3 Å². The first-order valence-corrected chi connectivity index (χ1v) is 11.6. The Labute approximate surface area is 186 Å². The summed E-state index contributed by atoms with van der Waals surface area (Å²) in [6.45, 7) is 9.52. The van der Waals surface area contributed by atoms with Crippen LogP contribution < -0.4 is 4.90 Å². The van der Waals surface area contributed by atoms with Gasteiger partial charge in [0.25, 0.3) is 0 Å². The molecule has 1 unspecified atom stereocenters. The van der Waals surface area contributed by atoms with Gasteiger partial charge in [0.1, 0.15) is 0 Å². The summed E-state index contributed by atoms with van der Waals surface area (Å²) in [5.41, 5.74) is 6.45. The number of anilines is 1. The number of fused-ring (bicyclic) bond motifs is 1. The number of nitrogens with zero attached hydrogens (tertiary/aromatic N) is 2. The fourth-order valence-corrected chi connectivity index (χ4v) is 5.42. The van der Waals surface area contributed by atoms with E-state index in [2.05, 4.69) is 32.9 Å². The number of rotatable bonds is 5. The van der Waals surface area contributed by atoms with Crippen molar-refractivity contribution in [2.24, 2.45) is 0 Å². The maximum atomic E-state index is 13.5. The number of hydrogen-bond donors (Lipinski definition) is 0. The predicted octanol–water partition coefficient (Wildman–Crippen LogP) is 5.94. The monoisotopic (exact) mass is 442 g/mol. The molecule has 1 atom stereocenters. The van der Waals surface area contributed by atoms with Crippen molar-refractivity contribution < 1.29 is 9.53 Å². The lowest BCUT2D eigenvalue weighted by Crippen LogP contribution is -2.38. The summed E-state index contributed by atoms with van der Waals surface area (Å²) in [4.78, 5) is 20.2. The van der Waals surface area contributed by atoms with Crippen molar-refractivity contribution in [2.75, 3.05) is 18.1 Å². The average molecular weight is 443 g/mol. The van der Waals surface area contributed by atoms with Crippen LogP contribution in [0, 0.1) is 27.7 Å². The molecular formula is C24H27ClN2O2S. The van der Waals surface area contributed by atoms with E-state index in [0.29, 0.717) is 18.0 Å². The Kier molecular flexibility index (Phi) is 6.14. The molecule has 1 aliphatic rings. The van der Waals surface area contributed by atoms with Gasteiger partial charge in [-0.1, -0.05) is 40.6 Å². The van der Waals surface area contributed by atoms with Crippen molar-refractivity contribution in [2.45, 2.75) is 53.1 Å². The predicted molar refractivity (Wildman–Crippen MR) is 125 cm³/mol. The molecule has 4 nitrogen and oxygen atoms in total. The van der Waals surface area contributed by atoms with Gasteiger partial charge in [0.2, 0.25) is 5.91 Å².